The Labute approximate surface area is 95.2 Å². The normalized spacial score (nSPS) is 9.75. The Balaban J connectivity index is 2.40. The summed E-state index contributed by atoms with van der Waals surface area (Å²) in [6, 6.07) is 5.38. The summed E-state index contributed by atoms with van der Waals surface area (Å²) in [6.07, 6.45) is 0.905. The zero-order chi connectivity index (χ0) is 11.8. The van der Waals surface area contributed by atoms with Crippen molar-refractivity contribution in [3.05, 3.63) is 17.8 Å². The Morgan fingerprint density at radius 3 is 3.06 bits per heavy atom. The molecule has 0 aromatic carbocycles. The van der Waals surface area contributed by atoms with E-state index in [1.165, 1.54) is 0 Å². The Morgan fingerprint density at radius 1 is 1.56 bits per heavy atom. The molecule has 0 amide bonds. The van der Waals surface area contributed by atoms with Crippen LogP contribution in [-0.4, -0.2) is 24.7 Å². The van der Waals surface area contributed by atoms with Gasteiger partial charge in [0.15, 0.2) is 5.69 Å². The summed E-state index contributed by atoms with van der Waals surface area (Å²) in [5.41, 5.74) is 6.23. The number of anilines is 2. The lowest BCUT2D eigenvalue weighted by atomic mass is 10.3. The number of hydrogen-bond acceptors (Lipinski definition) is 5. The average Bonchev–Trinajstić information content (AvgIpc) is 2.31. The van der Waals surface area contributed by atoms with Gasteiger partial charge in [-0.15, -0.1) is 0 Å². The second-order valence-corrected chi connectivity index (χ2v) is 3.22. The van der Waals surface area contributed by atoms with Gasteiger partial charge in [-0.25, -0.2) is 4.98 Å². The van der Waals surface area contributed by atoms with Crippen molar-refractivity contribution in [3.8, 4) is 6.07 Å². The summed E-state index contributed by atoms with van der Waals surface area (Å²) >= 11 is 0. The Bertz CT molecular complexity index is 373. The van der Waals surface area contributed by atoms with Gasteiger partial charge in [-0.1, -0.05) is 0 Å². The fourth-order valence-corrected chi connectivity index (χ4v) is 1.19. The number of nitrogens with two attached hydrogens (primary N) is 1. The molecule has 1 aromatic rings. The van der Waals surface area contributed by atoms with Crippen LogP contribution in [0.3, 0.4) is 0 Å². The van der Waals surface area contributed by atoms with Gasteiger partial charge in [0.2, 0.25) is 0 Å². The molecule has 16 heavy (non-hydrogen) atoms. The van der Waals surface area contributed by atoms with Crippen molar-refractivity contribution in [1.29, 1.82) is 5.26 Å². The van der Waals surface area contributed by atoms with Crippen LogP contribution in [0.15, 0.2) is 12.1 Å². The molecule has 0 saturated carbocycles. The lowest BCUT2D eigenvalue weighted by Crippen LogP contribution is -2.07. The minimum atomic E-state index is 0.259. The molecule has 0 aliphatic rings. The molecular weight excluding hydrogens is 204 g/mol. The van der Waals surface area contributed by atoms with Crippen molar-refractivity contribution in [1.82, 2.24) is 4.98 Å². The highest BCUT2D eigenvalue weighted by Crippen LogP contribution is 2.11. The van der Waals surface area contributed by atoms with E-state index < -0.39 is 0 Å². The number of ether oxygens (including phenoxy) is 1. The minimum absolute atomic E-state index is 0.259. The number of nitrogens with one attached hydrogen (secondary N) is 1. The zero-order valence-electron chi connectivity index (χ0n) is 9.36. The highest BCUT2D eigenvalue weighted by Gasteiger charge is 2.01. The molecular formula is C11H16N4O. The van der Waals surface area contributed by atoms with Crippen molar-refractivity contribution in [3.63, 3.8) is 0 Å². The van der Waals surface area contributed by atoms with Gasteiger partial charge >= 0.3 is 0 Å². The maximum atomic E-state index is 8.74. The van der Waals surface area contributed by atoms with Crippen LogP contribution in [0.4, 0.5) is 11.5 Å². The van der Waals surface area contributed by atoms with Crippen LogP contribution < -0.4 is 11.1 Å². The summed E-state index contributed by atoms with van der Waals surface area (Å²) in [5.74, 6) is 0.669. The molecule has 3 N–H and O–H groups in total. The van der Waals surface area contributed by atoms with Gasteiger partial charge < -0.3 is 15.8 Å². The van der Waals surface area contributed by atoms with Crippen molar-refractivity contribution < 1.29 is 4.74 Å². The third-order valence-corrected chi connectivity index (χ3v) is 2.01. The quantitative estimate of drug-likeness (QED) is 0.707. The largest absolute Gasteiger partial charge is 0.396 e. The lowest BCUT2D eigenvalue weighted by molar-refractivity contribution is 0.147. The fraction of sp³-hybridized carbons (Fsp3) is 0.455. The van der Waals surface area contributed by atoms with E-state index >= 15 is 0 Å². The highest BCUT2D eigenvalue weighted by molar-refractivity contribution is 5.54. The van der Waals surface area contributed by atoms with E-state index in [0.717, 1.165) is 26.2 Å². The standard InChI is InChI=1S/C11H16N4O/c1-2-16-7-3-6-14-11-5-4-9(13)10(8-12)15-11/h4-5H,2-3,6-7,13H2,1H3,(H,14,15). The predicted octanol–water partition coefficient (Wildman–Crippen LogP) is 1.37. The monoisotopic (exact) mass is 220 g/mol. The summed E-state index contributed by atoms with van der Waals surface area (Å²) < 4.78 is 5.20. The molecule has 0 aliphatic carbocycles. The van der Waals surface area contributed by atoms with Crippen LogP contribution in [0.2, 0.25) is 0 Å². The second-order valence-electron chi connectivity index (χ2n) is 3.22. The van der Waals surface area contributed by atoms with Crippen LogP contribution in [-0.2, 0) is 4.74 Å². The molecule has 5 heteroatoms. The second kappa shape index (κ2) is 6.64. The van der Waals surface area contributed by atoms with Gasteiger partial charge in [0.1, 0.15) is 11.9 Å². The van der Waals surface area contributed by atoms with Gasteiger partial charge in [-0.05, 0) is 25.5 Å². The average molecular weight is 220 g/mol. The van der Waals surface area contributed by atoms with Crippen molar-refractivity contribution in [2.24, 2.45) is 0 Å². The maximum Gasteiger partial charge on any atom is 0.165 e. The predicted molar refractivity (Wildman–Crippen MR) is 63.0 cm³/mol. The lowest BCUT2D eigenvalue weighted by Gasteiger charge is -2.06. The SMILES string of the molecule is CCOCCCNc1ccc(N)c(C#N)n1. The van der Waals surface area contributed by atoms with E-state index in [1.807, 2.05) is 13.0 Å². The third-order valence-electron chi connectivity index (χ3n) is 2.01. The molecule has 1 rings (SSSR count). The summed E-state index contributed by atoms with van der Waals surface area (Å²) in [4.78, 5) is 4.07. The molecule has 0 fully saturated rings. The van der Waals surface area contributed by atoms with E-state index in [4.69, 9.17) is 15.7 Å². The first-order valence-corrected chi connectivity index (χ1v) is 5.26. The number of hydrogen-bond donors (Lipinski definition) is 2. The molecule has 1 heterocycles. The first kappa shape index (κ1) is 12.3. The van der Waals surface area contributed by atoms with Crippen LogP contribution in [0.1, 0.15) is 19.0 Å². The first-order chi connectivity index (χ1) is 7.77. The van der Waals surface area contributed by atoms with Gasteiger partial charge in [0, 0.05) is 19.8 Å². The van der Waals surface area contributed by atoms with E-state index in [2.05, 4.69) is 10.3 Å². The number of rotatable bonds is 6. The maximum absolute atomic E-state index is 8.74. The summed E-state index contributed by atoms with van der Waals surface area (Å²) in [5, 5.41) is 11.9. The summed E-state index contributed by atoms with van der Waals surface area (Å²) in [6.45, 7) is 4.19. The Morgan fingerprint density at radius 2 is 2.38 bits per heavy atom. The molecule has 0 saturated heterocycles. The summed E-state index contributed by atoms with van der Waals surface area (Å²) in [7, 11) is 0. The molecule has 5 nitrogen and oxygen atoms in total. The molecule has 86 valence electrons. The van der Waals surface area contributed by atoms with Crippen LogP contribution in [0, 0.1) is 11.3 Å². The van der Waals surface area contributed by atoms with E-state index in [0.29, 0.717) is 11.5 Å². The number of nitrogens with zero attached hydrogens (tertiary/aromatic N) is 2. The number of aromatic nitrogens is 1. The smallest absolute Gasteiger partial charge is 0.165 e. The Hall–Kier alpha value is -1.80. The molecule has 0 spiro atoms. The van der Waals surface area contributed by atoms with Gasteiger partial charge in [0.05, 0.1) is 5.69 Å². The number of nitriles is 1. The minimum Gasteiger partial charge on any atom is -0.396 e. The molecule has 0 aliphatic heterocycles. The van der Waals surface area contributed by atoms with E-state index in [1.54, 1.807) is 12.1 Å². The van der Waals surface area contributed by atoms with Gasteiger partial charge in [-0.3, -0.25) is 0 Å². The number of nitrogen functional groups attached to an aromatic ring is 1. The van der Waals surface area contributed by atoms with E-state index in [-0.39, 0.29) is 5.69 Å². The highest BCUT2D eigenvalue weighted by atomic mass is 16.5. The zero-order valence-corrected chi connectivity index (χ0v) is 9.36. The molecule has 0 bridgehead atoms. The first-order valence-electron chi connectivity index (χ1n) is 5.26. The number of pyridine rings is 1. The van der Waals surface area contributed by atoms with Crippen LogP contribution in [0.5, 0.6) is 0 Å². The fourth-order valence-electron chi connectivity index (χ4n) is 1.19. The van der Waals surface area contributed by atoms with Gasteiger partial charge in [-0.2, -0.15) is 5.26 Å². The Kier molecular flexibility index (Phi) is 5.09. The van der Waals surface area contributed by atoms with E-state index in [9.17, 15) is 0 Å². The topological polar surface area (TPSA) is 84.0 Å². The molecule has 0 unspecified atom stereocenters. The van der Waals surface area contributed by atoms with Gasteiger partial charge in [0.25, 0.3) is 0 Å². The van der Waals surface area contributed by atoms with Crippen molar-refractivity contribution in [2.45, 2.75) is 13.3 Å². The van der Waals surface area contributed by atoms with Crippen molar-refractivity contribution in [2.75, 3.05) is 30.8 Å². The van der Waals surface area contributed by atoms with Crippen LogP contribution in [0.25, 0.3) is 0 Å². The molecule has 0 atom stereocenters. The molecule has 1 aromatic heterocycles. The van der Waals surface area contributed by atoms with Crippen LogP contribution >= 0.6 is 0 Å². The molecule has 0 radical (unpaired) electrons. The third kappa shape index (κ3) is 3.75. The van der Waals surface area contributed by atoms with Crippen molar-refractivity contribution >= 4 is 11.5 Å².